The van der Waals surface area contributed by atoms with Gasteiger partial charge in [0.05, 0.1) is 29.0 Å². The van der Waals surface area contributed by atoms with Gasteiger partial charge in [-0.05, 0) is 76.0 Å². The zero-order valence-electron chi connectivity index (χ0n) is 20.8. The van der Waals surface area contributed by atoms with Crippen molar-refractivity contribution in [3.05, 3.63) is 23.8 Å². The molecule has 2 heterocycles. The average Bonchev–Trinajstić information content (AvgIpc) is 3.44. The van der Waals surface area contributed by atoms with E-state index in [1.807, 2.05) is 0 Å². The first-order valence-electron chi connectivity index (χ1n) is 13.1. The van der Waals surface area contributed by atoms with Crippen LogP contribution in [-0.4, -0.2) is 71.1 Å². The monoisotopic (exact) mass is 484 g/mol. The van der Waals surface area contributed by atoms with E-state index in [-0.39, 0.29) is 18.2 Å². The first-order valence-corrected chi connectivity index (χ1v) is 13.1. The molecule has 192 valence electrons. The van der Waals surface area contributed by atoms with Gasteiger partial charge in [0, 0.05) is 25.3 Å². The number of nitrogens with zero attached hydrogens (tertiary/aromatic N) is 2. The predicted octanol–water partition coefficient (Wildman–Crippen LogP) is 1.63. The Hall–Kier alpha value is -1.93. The van der Waals surface area contributed by atoms with Crippen LogP contribution in [0.25, 0.3) is 0 Å². The Balaban J connectivity index is 1.08. The Kier molecular flexibility index (Phi) is 6.96. The topological polar surface area (TPSA) is 139 Å². The number of nitrogens with one attached hydrogen (secondary N) is 3. The Bertz CT molecular complexity index is 942. The van der Waals surface area contributed by atoms with Gasteiger partial charge < -0.3 is 31.3 Å². The van der Waals surface area contributed by atoms with Gasteiger partial charge in [-0.3, -0.25) is 10.2 Å². The zero-order chi connectivity index (χ0) is 24.7. The molecule has 5 rings (SSSR count). The van der Waals surface area contributed by atoms with Gasteiger partial charge in [0.2, 0.25) is 0 Å². The maximum atomic E-state index is 10.5. The molecule has 9 heteroatoms. The van der Waals surface area contributed by atoms with Gasteiger partial charge in [-0.1, -0.05) is 6.07 Å². The van der Waals surface area contributed by atoms with Crippen molar-refractivity contribution in [1.82, 2.24) is 10.2 Å². The van der Waals surface area contributed by atoms with Gasteiger partial charge in [0.25, 0.3) is 0 Å². The van der Waals surface area contributed by atoms with Gasteiger partial charge in [-0.2, -0.15) is 5.26 Å². The number of benzene rings is 1. The molecule has 0 amide bonds. The second kappa shape index (κ2) is 9.85. The highest BCUT2D eigenvalue weighted by atomic mass is 16.6. The van der Waals surface area contributed by atoms with Crippen LogP contribution in [0, 0.1) is 17.2 Å². The van der Waals surface area contributed by atoms with Gasteiger partial charge in [0.15, 0.2) is 0 Å². The summed E-state index contributed by atoms with van der Waals surface area (Å²) in [6.07, 6.45) is 3.72. The minimum atomic E-state index is -0.965. The number of aliphatic hydroxyl groups excluding tert-OH is 2. The van der Waals surface area contributed by atoms with E-state index < -0.39 is 24.5 Å². The summed E-state index contributed by atoms with van der Waals surface area (Å²) in [5, 5.41) is 40.3. The number of fused-ring (bicyclic) bond motifs is 1. The number of hydrogen-bond acceptors (Lipinski definition) is 9. The molecule has 2 aliphatic carbocycles. The number of rotatable bonds is 10. The lowest BCUT2D eigenvalue weighted by molar-refractivity contribution is -0.0495. The lowest BCUT2D eigenvalue weighted by Crippen LogP contribution is -2.52. The molecule has 4 aliphatic rings. The summed E-state index contributed by atoms with van der Waals surface area (Å²) in [4.78, 5) is 2.41. The third-order valence-electron chi connectivity index (χ3n) is 8.47. The van der Waals surface area contributed by atoms with E-state index in [9.17, 15) is 15.5 Å². The number of nitrogens with two attached hydrogens (primary N) is 1. The van der Waals surface area contributed by atoms with Gasteiger partial charge in [-0.15, -0.1) is 0 Å². The van der Waals surface area contributed by atoms with E-state index in [2.05, 4.69) is 59.0 Å². The quantitative estimate of drug-likeness (QED) is 0.274. The van der Waals surface area contributed by atoms with Crippen molar-refractivity contribution in [2.24, 2.45) is 11.7 Å². The number of aliphatic hydroxyl groups is 2. The van der Waals surface area contributed by atoms with Crippen LogP contribution in [0.5, 0.6) is 0 Å². The van der Waals surface area contributed by atoms with Crippen LogP contribution in [0.4, 0.5) is 11.4 Å². The molecular formula is C26H40N6O3. The fraction of sp³-hybridized carbons (Fsp3) is 0.731. The molecule has 9 nitrogen and oxygen atoms in total. The summed E-state index contributed by atoms with van der Waals surface area (Å²) < 4.78 is 5.87. The molecule has 2 aliphatic heterocycles. The molecule has 1 aromatic rings. The molecule has 35 heavy (non-hydrogen) atoms. The van der Waals surface area contributed by atoms with Crippen molar-refractivity contribution in [2.75, 3.05) is 23.8 Å². The largest absolute Gasteiger partial charge is 0.387 e. The molecule has 0 bridgehead atoms. The second-order valence-electron chi connectivity index (χ2n) is 11.1. The first-order chi connectivity index (χ1) is 16.8. The highest BCUT2D eigenvalue weighted by molar-refractivity contribution is 5.76. The number of hydrogen-bond donors (Lipinski definition) is 6. The highest BCUT2D eigenvalue weighted by Gasteiger charge is 2.46. The summed E-state index contributed by atoms with van der Waals surface area (Å²) in [7, 11) is 0. The SMILES string of the molecule is CC(C)N(C[C@H]1O[C@@H](NCN)[C@H](O)[C@@H]1O)C1CC(CCC2Nc3ccc(C4(C#N)CC4)cc3N2)C1. The van der Waals surface area contributed by atoms with E-state index in [4.69, 9.17) is 10.5 Å². The third kappa shape index (κ3) is 4.88. The summed E-state index contributed by atoms with van der Waals surface area (Å²) in [5.74, 6) is 0.684. The summed E-state index contributed by atoms with van der Waals surface area (Å²) >= 11 is 0. The van der Waals surface area contributed by atoms with Crippen LogP contribution in [-0.2, 0) is 10.2 Å². The molecule has 0 spiro atoms. The smallest absolute Gasteiger partial charge is 0.138 e. The number of anilines is 2. The van der Waals surface area contributed by atoms with Crippen molar-refractivity contribution < 1.29 is 14.9 Å². The van der Waals surface area contributed by atoms with Crippen molar-refractivity contribution in [2.45, 2.75) is 101 Å². The Morgan fingerprint density at radius 2 is 1.94 bits per heavy atom. The Morgan fingerprint density at radius 1 is 1.20 bits per heavy atom. The molecule has 1 aromatic carbocycles. The zero-order valence-corrected chi connectivity index (χ0v) is 20.8. The summed E-state index contributed by atoms with van der Waals surface area (Å²) in [6, 6.07) is 9.66. The molecule has 7 N–H and O–H groups in total. The van der Waals surface area contributed by atoms with Crippen LogP contribution in [0.2, 0.25) is 0 Å². The fourth-order valence-electron chi connectivity index (χ4n) is 6.02. The van der Waals surface area contributed by atoms with Crippen molar-refractivity contribution in [1.29, 1.82) is 5.26 Å². The van der Waals surface area contributed by atoms with E-state index in [1.165, 1.54) is 0 Å². The van der Waals surface area contributed by atoms with E-state index in [0.717, 1.165) is 55.5 Å². The molecule has 5 atom stereocenters. The average molecular weight is 485 g/mol. The van der Waals surface area contributed by atoms with Crippen molar-refractivity contribution >= 4 is 11.4 Å². The number of ether oxygens (including phenoxy) is 1. The maximum Gasteiger partial charge on any atom is 0.138 e. The highest BCUT2D eigenvalue weighted by Crippen LogP contribution is 2.49. The molecule has 3 fully saturated rings. The molecule has 0 radical (unpaired) electrons. The second-order valence-corrected chi connectivity index (χ2v) is 11.1. The molecule has 1 unspecified atom stereocenters. The minimum Gasteiger partial charge on any atom is -0.387 e. The fourth-order valence-corrected chi connectivity index (χ4v) is 6.02. The van der Waals surface area contributed by atoms with E-state index in [1.54, 1.807) is 0 Å². The Labute approximate surface area is 208 Å². The summed E-state index contributed by atoms with van der Waals surface area (Å²) in [6.45, 7) is 5.15. The van der Waals surface area contributed by atoms with Gasteiger partial charge in [0.1, 0.15) is 24.5 Å². The van der Waals surface area contributed by atoms with Crippen molar-refractivity contribution in [3.8, 4) is 6.07 Å². The number of nitriles is 1. The molecule has 0 aromatic heterocycles. The molecule has 1 saturated heterocycles. The lowest BCUT2D eigenvalue weighted by atomic mass is 9.76. The van der Waals surface area contributed by atoms with Crippen LogP contribution in [0.1, 0.15) is 57.9 Å². The third-order valence-corrected chi connectivity index (χ3v) is 8.47. The van der Waals surface area contributed by atoms with E-state index in [0.29, 0.717) is 24.5 Å². The predicted molar refractivity (Wildman–Crippen MR) is 134 cm³/mol. The van der Waals surface area contributed by atoms with E-state index >= 15 is 0 Å². The lowest BCUT2D eigenvalue weighted by Gasteiger charge is -2.46. The van der Waals surface area contributed by atoms with Crippen molar-refractivity contribution in [3.63, 3.8) is 0 Å². The molecular weight excluding hydrogens is 444 g/mol. The summed E-state index contributed by atoms with van der Waals surface area (Å²) in [5.41, 5.74) is 8.65. The minimum absolute atomic E-state index is 0.191. The maximum absolute atomic E-state index is 10.5. The van der Waals surface area contributed by atoms with Crippen LogP contribution < -0.4 is 21.7 Å². The van der Waals surface area contributed by atoms with Crippen LogP contribution >= 0.6 is 0 Å². The first kappa shape index (κ1) is 24.8. The van der Waals surface area contributed by atoms with Gasteiger partial charge >= 0.3 is 0 Å². The standard InChI is InChI=1S/C26H40N6O3/c1-15(2)32(12-21-23(33)24(34)25(35-21)29-14-28)18-9-16(10-18)3-6-22-30-19-5-4-17(11-20(19)31-22)26(13-27)7-8-26/h4-5,11,15-16,18,21-25,29-31,33-34H,3,6-10,12,14,28H2,1-2H3/t16?,18?,21-,22?,23-,24-,25-/m1/s1. The van der Waals surface area contributed by atoms with Gasteiger partial charge in [-0.25, -0.2) is 0 Å². The van der Waals surface area contributed by atoms with Crippen LogP contribution in [0.3, 0.4) is 0 Å². The normalized spacial score (nSPS) is 34.7. The Morgan fingerprint density at radius 3 is 2.60 bits per heavy atom. The van der Waals surface area contributed by atoms with Crippen LogP contribution in [0.15, 0.2) is 18.2 Å². The molecule has 2 saturated carbocycles.